The summed E-state index contributed by atoms with van der Waals surface area (Å²) in [5, 5.41) is 11.7. The third kappa shape index (κ3) is 4.78. The number of aryl methyl sites for hydroxylation is 1. The highest BCUT2D eigenvalue weighted by Gasteiger charge is 2.18. The maximum absolute atomic E-state index is 12.1. The van der Waals surface area contributed by atoms with Crippen LogP contribution in [0.4, 0.5) is 4.79 Å². The van der Waals surface area contributed by atoms with E-state index in [0.717, 1.165) is 0 Å². The molecule has 2 N–H and O–H groups in total. The van der Waals surface area contributed by atoms with Crippen LogP contribution in [0, 0.1) is 6.92 Å². The van der Waals surface area contributed by atoms with Crippen LogP contribution >= 0.6 is 0 Å². The number of rotatable bonds is 7. The Kier molecular flexibility index (Phi) is 6.23. The molecule has 0 saturated heterocycles. The lowest BCUT2D eigenvalue weighted by atomic mass is 10.2. The topological polar surface area (TPSA) is 92.0 Å². The fourth-order valence-electron chi connectivity index (χ4n) is 1.89. The van der Waals surface area contributed by atoms with Gasteiger partial charge in [0.05, 0.1) is 13.2 Å². The third-order valence-electron chi connectivity index (χ3n) is 3.03. The van der Waals surface area contributed by atoms with E-state index >= 15 is 0 Å². The highest BCUT2D eigenvalue weighted by atomic mass is 16.5. The minimum atomic E-state index is -1.04. The van der Waals surface area contributed by atoms with Crippen molar-refractivity contribution in [3.63, 3.8) is 0 Å². The second-order valence-corrected chi connectivity index (χ2v) is 4.93. The summed E-state index contributed by atoms with van der Waals surface area (Å²) in [6, 6.07) is 1.22. The predicted octanol–water partition coefficient (Wildman–Crippen LogP) is 1.85. The Hall–Kier alpha value is -2.02. The van der Waals surface area contributed by atoms with Crippen LogP contribution < -0.4 is 5.32 Å². The molecular weight excluding hydrogens is 276 g/mol. The van der Waals surface area contributed by atoms with Crippen LogP contribution in [0.3, 0.4) is 0 Å². The number of hydrogen-bond acceptors (Lipinski definition) is 4. The Morgan fingerprint density at radius 1 is 1.48 bits per heavy atom. The number of carboxylic acids is 1. The van der Waals surface area contributed by atoms with E-state index in [-0.39, 0.29) is 24.2 Å². The minimum absolute atomic E-state index is 0.0352. The summed E-state index contributed by atoms with van der Waals surface area (Å²) in [4.78, 5) is 24.6. The maximum Gasteiger partial charge on any atom is 0.339 e. The molecule has 0 aliphatic heterocycles. The molecule has 0 bridgehead atoms. The smallest absolute Gasteiger partial charge is 0.339 e. The zero-order chi connectivity index (χ0) is 16.0. The first-order valence-corrected chi connectivity index (χ1v) is 6.72. The van der Waals surface area contributed by atoms with Gasteiger partial charge in [0.15, 0.2) is 0 Å². The second-order valence-electron chi connectivity index (χ2n) is 4.93. The van der Waals surface area contributed by atoms with Gasteiger partial charge in [0.25, 0.3) is 0 Å². The Labute approximate surface area is 123 Å². The molecule has 0 atom stereocenters. The van der Waals surface area contributed by atoms with Gasteiger partial charge in [0.2, 0.25) is 0 Å². The lowest BCUT2D eigenvalue weighted by molar-refractivity contribution is 0.0695. The number of urea groups is 1. The van der Waals surface area contributed by atoms with Gasteiger partial charge in [-0.1, -0.05) is 0 Å². The van der Waals surface area contributed by atoms with Crippen LogP contribution in [0.1, 0.15) is 35.7 Å². The third-order valence-corrected chi connectivity index (χ3v) is 3.03. The molecule has 0 aromatic carbocycles. The molecule has 0 unspecified atom stereocenters. The highest BCUT2D eigenvalue weighted by Crippen LogP contribution is 2.14. The molecule has 0 spiro atoms. The lowest BCUT2D eigenvalue weighted by Gasteiger charge is -2.26. The van der Waals surface area contributed by atoms with Gasteiger partial charge in [-0.2, -0.15) is 0 Å². The van der Waals surface area contributed by atoms with Crippen molar-refractivity contribution >= 4 is 12.0 Å². The number of hydrogen-bond donors (Lipinski definition) is 2. The van der Waals surface area contributed by atoms with E-state index in [9.17, 15) is 9.59 Å². The first-order valence-electron chi connectivity index (χ1n) is 6.72. The normalized spacial score (nSPS) is 10.7. The molecular formula is C14H22N2O5. The molecule has 1 heterocycles. The monoisotopic (exact) mass is 298 g/mol. The Bertz CT molecular complexity index is 496. The van der Waals surface area contributed by atoms with E-state index < -0.39 is 5.97 Å². The molecule has 1 aromatic heterocycles. The molecule has 2 amide bonds. The standard InChI is InChI=1S/C14H22N2O5/c1-9(2)16(5-6-20-4)14(19)15-8-11-7-12(13(17)18)10(3)21-11/h7,9H,5-6,8H2,1-4H3,(H,15,19)(H,17,18). The number of carbonyl (C=O) groups excluding carboxylic acids is 1. The molecule has 21 heavy (non-hydrogen) atoms. The van der Waals surface area contributed by atoms with Crippen LogP contribution in [0.2, 0.25) is 0 Å². The zero-order valence-electron chi connectivity index (χ0n) is 12.8. The van der Waals surface area contributed by atoms with Gasteiger partial charge in [0.1, 0.15) is 17.1 Å². The Balaban J connectivity index is 2.62. The van der Waals surface area contributed by atoms with Gasteiger partial charge in [-0.3, -0.25) is 0 Å². The van der Waals surface area contributed by atoms with E-state index in [4.69, 9.17) is 14.3 Å². The molecule has 0 fully saturated rings. The fourth-order valence-corrected chi connectivity index (χ4v) is 1.89. The van der Waals surface area contributed by atoms with Crippen LogP contribution in [0.5, 0.6) is 0 Å². The van der Waals surface area contributed by atoms with Crippen LogP contribution in [-0.2, 0) is 11.3 Å². The van der Waals surface area contributed by atoms with E-state index in [1.165, 1.54) is 6.07 Å². The van der Waals surface area contributed by atoms with Crippen LogP contribution in [0.15, 0.2) is 10.5 Å². The van der Waals surface area contributed by atoms with Crippen molar-refractivity contribution in [2.24, 2.45) is 0 Å². The number of amides is 2. The summed E-state index contributed by atoms with van der Waals surface area (Å²) < 4.78 is 10.3. The van der Waals surface area contributed by atoms with Crippen molar-refractivity contribution in [2.45, 2.75) is 33.4 Å². The van der Waals surface area contributed by atoms with Crippen molar-refractivity contribution in [3.8, 4) is 0 Å². The lowest BCUT2D eigenvalue weighted by Crippen LogP contribution is -2.45. The average molecular weight is 298 g/mol. The SMILES string of the molecule is COCCN(C(=O)NCc1cc(C(=O)O)c(C)o1)C(C)C. The first kappa shape index (κ1) is 17.0. The summed E-state index contributed by atoms with van der Waals surface area (Å²) in [7, 11) is 1.58. The van der Waals surface area contributed by atoms with Crippen molar-refractivity contribution in [2.75, 3.05) is 20.3 Å². The van der Waals surface area contributed by atoms with Gasteiger partial charge in [0, 0.05) is 19.7 Å². The molecule has 1 rings (SSSR count). The van der Waals surface area contributed by atoms with E-state index in [2.05, 4.69) is 5.32 Å². The van der Waals surface area contributed by atoms with Crippen molar-refractivity contribution in [3.05, 3.63) is 23.2 Å². The van der Waals surface area contributed by atoms with Gasteiger partial charge in [-0.15, -0.1) is 0 Å². The predicted molar refractivity (Wildman–Crippen MR) is 76.4 cm³/mol. The maximum atomic E-state index is 12.1. The van der Waals surface area contributed by atoms with Gasteiger partial charge < -0.3 is 24.5 Å². The van der Waals surface area contributed by atoms with Crippen LogP contribution in [0.25, 0.3) is 0 Å². The molecule has 1 aromatic rings. The van der Waals surface area contributed by atoms with Crippen LogP contribution in [-0.4, -0.2) is 48.3 Å². The second kappa shape index (κ2) is 7.68. The highest BCUT2D eigenvalue weighted by molar-refractivity contribution is 5.88. The summed E-state index contributed by atoms with van der Waals surface area (Å²) in [5.74, 6) is -0.307. The zero-order valence-corrected chi connectivity index (χ0v) is 12.8. The average Bonchev–Trinajstić information content (AvgIpc) is 2.78. The van der Waals surface area contributed by atoms with Gasteiger partial charge in [-0.05, 0) is 26.8 Å². The van der Waals surface area contributed by atoms with E-state index in [1.807, 2.05) is 13.8 Å². The summed E-state index contributed by atoms with van der Waals surface area (Å²) in [6.07, 6.45) is 0. The number of furan rings is 1. The number of methoxy groups -OCH3 is 1. The fraction of sp³-hybridized carbons (Fsp3) is 0.571. The molecule has 7 nitrogen and oxygen atoms in total. The van der Waals surface area contributed by atoms with Gasteiger partial charge >= 0.3 is 12.0 Å². The van der Waals surface area contributed by atoms with Crippen molar-refractivity contribution < 1.29 is 23.8 Å². The molecule has 118 valence electrons. The molecule has 0 aliphatic carbocycles. The summed E-state index contributed by atoms with van der Waals surface area (Å²) in [6.45, 7) is 6.48. The van der Waals surface area contributed by atoms with Crippen molar-refractivity contribution in [1.29, 1.82) is 0 Å². The first-order chi connectivity index (χ1) is 9.86. The van der Waals surface area contributed by atoms with E-state index in [0.29, 0.717) is 24.7 Å². The summed E-state index contributed by atoms with van der Waals surface area (Å²) >= 11 is 0. The quantitative estimate of drug-likeness (QED) is 0.801. The Morgan fingerprint density at radius 2 is 2.14 bits per heavy atom. The largest absolute Gasteiger partial charge is 0.478 e. The number of carbonyl (C=O) groups is 2. The van der Waals surface area contributed by atoms with E-state index in [1.54, 1.807) is 18.9 Å². The summed E-state index contributed by atoms with van der Waals surface area (Å²) in [5.41, 5.74) is 0.111. The Morgan fingerprint density at radius 3 is 2.62 bits per heavy atom. The molecule has 0 aliphatic rings. The number of carboxylic acid groups (broad SMARTS) is 1. The minimum Gasteiger partial charge on any atom is -0.478 e. The number of nitrogens with zero attached hydrogens (tertiary/aromatic N) is 1. The molecule has 0 radical (unpaired) electrons. The van der Waals surface area contributed by atoms with Crippen molar-refractivity contribution in [1.82, 2.24) is 10.2 Å². The number of aromatic carboxylic acids is 1. The molecule has 7 heteroatoms. The number of nitrogens with one attached hydrogen (secondary N) is 1. The molecule has 0 saturated carbocycles. The van der Waals surface area contributed by atoms with Gasteiger partial charge in [-0.25, -0.2) is 9.59 Å². The number of ether oxygens (including phenoxy) is 1.